The van der Waals surface area contributed by atoms with Crippen LogP contribution in [-0.4, -0.2) is 30.6 Å². The van der Waals surface area contributed by atoms with Crippen LogP contribution in [0.15, 0.2) is 60.7 Å². The predicted molar refractivity (Wildman–Crippen MR) is 109 cm³/mol. The fourth-order valence-corrected chi connectivity index (χ4v) is 3.16. The van der Waals surface area contributed by atoms with Crippen LogP contribution in [0.2, 0.25) is 0 Å². The zero-order valence-electron chi connectivity index (χ0n) is 16.5. The van der Waals surface area contributed by atoms with Gasteiger partial charge >= 0.3 is 5.97 Å². The lowest BCUT2D eigenvalue weighted by Gasteiger charge is -2.25. The molecule has 1 aliphatic carbocycles. The molecule has 0 saturated heterocycles. The maximum absolute atomic E-state index is 15.1. The molecule has 158 valence electrons. The van der Waals surface area contributed by atoms with Crippen molar-refractivity contribution in [2.75, 3.05) is 13.7 Å². The van der Waals surface area contributed by atoms with Crippen LogP contribution in [0.3, 0.4) is 0 Å². The number of aliphatic carboxylic acids is 1. The standard InChI is InChI=1S/C23H23F2NO4/c1-29-21-6-5-19(24)12-20(21)18-7-9-23(25,10-8-18)30-15-17-4-2-3-16(11-17)13-26-14-22(27)28/h2-9,11-12,26H,10,13-15H2,1H3,(H,27,28). The second-order valence-electron chi connectivity index (χ2n) is 6.93. The van der Waals surface area contributed by atoms with Crippen molar-refractivity contribution in [3.05, 3.63) is 83.2 Å². The van der Waals surface area contributed by atoms with Crippen molar-refractivity contribution in [2.45, 2.75) is 25.4 Å². The summed E-state index contributed by atoms with van der Waals surface area (Å²) in [5, 5.41) is 11.5. The zero-order valence-corrected chi connectivity index (χ0v) is 16.5. The van der Waals surface area contributed by atoms with E-state index in [9.17, 15) is 9.18 Å². The summed E-state index contributed by atoms with van der Waals surface area (Å²) in [7, 11) is 1.50. The van der Waals surface area contributed by atoms with Gasteiger partial charge in [0.25, 0.3) is 0 Å². The Hall–Kier alpha value is -3.03. The van der Waals surface area contributed by atoms with E-state index in [1.54, 1.807) is 12.2 Å². The molecule has 0 heterocycles. The Morgan fingerprint density at radius 2 is 2.03 bits per heavy atom. The molecule has 1 atom stereocenters. The van der Waals surface area contributed by atoms with Gasteiger partial charge in [0, 0.05) is 18.5 Å². The summed E-state index contributed by atoms with van der Waals surface area (Å²) in [5.74, 6) is -2.79. The highest BCUT2D eigenvalue weighted by Gasteiger charge is 2.29. The van der Waals surface area contributed by atoms with Crippen molar-refractivity contribution in [3.63, 3.8) is 0 Å². The molecule has 0 fully saturated rings. The predicted octanol–water partition coefficient (Wildman–Crippen LogP) is 4.23. The van der Waals surface area contributed by atoms with Crippen molar-refractivity contribution in [1.29, 1.82) is 0 Å². The summed E-state index contributed by atoms with van der Waals surface area (Å²) >= 11 is 0. The summed E-state index contributed by atoms with van der Waals surface area (Å²) in [6.07, 6.45) is 4.53. The van der Waals surface area contributed by atoms with Gasteiger partial charge in [-0.3, -0.25) is 4.79 Å². The lowest BCUT2D eigenvalue weighted by Crippen LogP contribution is -2.25. The number of carbonyl (C=O) groups is 1. The number of rotatable bonds is 9. The second kappa shape index (κ2) is 9.65. The van der Waals surface area contributed by atoms with Gasteiger partial charge in [0.05, 0.1) is 20.3 Å². The normalized spacial score (nSPS) is 18.2. The molecule has 30 heavy (non-hydrogen) atoms. The summed E-state index contributed by atoms with van der Waals surface area (Å²) < 4.78 is 39.4. The van der Waals surface area contributed by atoms with Gasteiger partial charge in [-0.1, -0.05) is 36.4 Å². The highest BCUT2D eigenvalue weighted by Crippen LogP contribution is 2.35. The number of nitrogens with one attached hydrogen (secondary N) is 1. The van der Waals surface area contributed by atoms with E-state index in [4.69, 9.17) is 14.6 Å². The summed E-state index contributed by atoms with van der Waals surface area (Å²) in [6, 6.07) is 11.5. The number of allylic oxidation sites excluding steroid dienone is 2. The van der Waals surface area contributed by atoms with Gasteiger partial charge in [-0.15, -0.1) is 0 Å². The first-order valence-corrected chi connectivity index (χ1v) is 9.45. The van der Waals surface area contributed by atoms with E-state index in [2.05, 4.69) is 5.32 Å². The molecule has 1 aliphatic rings. The van der Waals surface area contributed by atoms with E-state index in [1.165, 1.54) is 31.4 Å². The molecule has 2 N–H and O–H groups in total. The molecule has 0 aliphatic heterocycles. The van der Waals surface area contributed by atoms with Gasteiger partial charge < -0.3 is 19.9 Å². The van der Waals surface area contributed by atoms with Crippen LogP contribution in [-0.2, 0) is 22.7 Å². The highest BCUT2D eigenvalue weighted by molar-refractivity contribution is 5.79. The van der Waals surface area contributed by atoms with Gasteiger partial charge in [0.2, 0.25) is 5.85 Å². The summed E-state index contributed by atoms with van der Waals surface area (Å²) in [6.45, 7) is 0.312. The van der Waals surface area contributed by atoms with Gasteiger partial charge in [0.15, 0.2) is 0 Å². The Morgan fingerprint density at radius 3 is 2.73 bits per heavy atom. The van der Waals surface area contributed by atoms with Crippen LogP contribution in [0, 0.1) is 5.82 Å². The fraction of sp³-hybridized carbons (Fsp3) is 0.261. The molecule has 0 aromatic heterocycles. The molecule has 0 radical (unpaired) electrons. The Bertz CT molecular complexity index is 973. The number of carboxylic acid groups (broad SMARTS) is 1. The second-order valence-corrected chi connectivity index (χ2v) is 6.93. The molecule has 2 aromatic rings. The average molecular weight is 415 g/mol. The lowest BCUT2D eigenvalue weighted by atomic mass is 9.96. The van der Waals surface area contributed by atoms with Crippen molar-refractivity contribution < 1.29 is 28.2 Å². The maximum Gasteiger partial charge on any atom is 0.317 e. The molecule has 5 nitrogen and oxygen atoms in total. The van der Waals surface area contributed by atoms with Gasteiger partial charge in [-0.25, -0.2) is 8.78 Å². The Balaban J connectivity index is 1.61. The van der Waals surface area contributed by atoms with Crippen LogP contribution in [0.4, 0.5) is 8.78 Å². The van der Waals surface area contributed by atoms with Crippen LogP contribution in [0.25, 0.3) is 5.57 Å². The summed E-state index contributed by atoms with van der Waals surface area (Å²) in [5.41, 5.74) is 2.87. The maximum atomic E-state index is 15.1. The van der Waals surface area contributed by atoms with Crippen molar-refractivity contribution in [1.82, 2.24) is 5.32 Å². The van der Waals surface area contributed by atoms with E-state index < -0.39 is 17.6 Å². The summed E-state index contributed by atoms with van der Waals surface area (Å²) in [4.78, 5) is 10.6. The molecule has 0 saturated carbocycles. The smallest absolute Gasteiger partial charge is 0.317 e. The molecular formula is C23H23F2NO4. The van der Waals surface area contributed by atoms with E-state index in [0.717, 1.165) is 11.1 Å². The Labute approximate surface area is 173 Å². The molecule has 0 bridgehead atoms. The van der Waals surface area contributed by atoms with E-state index in [-0.39, 0.29) is 19.6 Å². The Kier molecular flexibility index (Phi) is 6.97. The van der Waals surface area contributed by atoms with Crippen molar-refractivity contribution in [3.8, 4) is 5.75 Å². The van der Waals surface area contributed by atoms with Crippen LogP contribution in [0.5, 0.6) is 5.75 Å². The van der Waals surface area contributed by atoms with Crippen molar-refractivity contribution >= 4 is 11.5 Å². The molecule has 0 amide bonds. The number of ether oxygens (including phenoxy) is 2. The number of benzene rings is 2. The quantitative estimate of drug-likeness (QED) is 0.642. The first-order chi connectivity index (χ1) is 14.4. The minimum Gasteiger partial charge on any atom is -0.496 e. The van der Waals surface area contributed by atoms with Crippen LogP contribution in [0.1, 0.15) is 23.1 Å². The van der Waals surface area contributed by atoms with Gasteiger partial charge in [-0.2, -0.15) is 0 Å². The van der Waals surface area contributed by atoms with E-state index in [1.807, 2.05) is 24.3 Å². The lowest BCUT2D eigenvalue weighted by molar-refractivity contribution is -0.136. The average Bonchev–Trinajstić information content (AvgIpc) is 2.73. The van der Waals surface area contributed by atoms with Crippen LogP contribution < -0.4 is 10.1 Å². The molecule has 3 rings (SSSR count). The molecular weight excluding hydrogens is 392 g/mol. The first-order valence-electron chi connectivity index (χ1n) is 9.45. The van der Waals surface area contributed by atoms with Gasteiger partial charge in [0.1, 0.15) is 11.6 Å². The fourth-order valence-electron chi connectivity index (χ4n) is 3.16. The largest absolute Gasteiger partial charge is 0.496 e. The van der Waals surface area contributed by atoms with Gasteiger partial charge in [-0.05, 0) is 41.0 Å². The molecule has 7 heteroatoms. The molecule has 1 unspecified atom stereocenters. The highest BCUT2D eigenvalue weighted by atomic mass is 19.2. The van der Waals surface area contributed by atoms with E-state index in [0.29, 0.717) is 23.4 Å². The Morgan fingerprint density at radius 1 is 1.23 bits per heavy atom. The molecule has 2 aromatic carbocycles. The number of hydrogen-bond donors (Lipinski definition) is 2. The third kappa shape index (κ3) is 5.75. The monoisotopic (exact) mass is 415 g/mol. The number of halogens is 2. The SMILES string of the molecule is COc1ccc(F)cc1C1=CCC(F)(OCc2cccc(CNCC(=O)O)c2)C=C1. The number of hydrogen-bond acceptors (Lipinski definition) is 4. The van der Waals surface area contributed by atoms with Crippen molar-refractivity contribution in [2.24, 2.45) is 0 Å². The minimum absolute atomic E-state index is 0.0155. The number of carboxylic acids is 1. The third-order valence-corrected chi connectivity index (χ3v) is 4.66. The topological polar surface area (TPSA) is 67.8 Å². The number of methoxy groups -OCH3 is 1. The first kappa shape index (κ1) is 21.7. The third-order valence-electron chi connectivity index (χ3n) is 4.66. The number of alkyl halides is 1. The molecule has 0 spiro atoms. The minimum atomic E-state index is -1.97. The zero-order chi connectivity index (χ0) is 21.6. The van der Waals surface area contributed by atoms with Crippen LogP contribution >= 0.6 is 0 Å². The van der Waals surface area contributed by atoms with E-state index >= 15 is 4.39 Å².